The quantitative estimate of drug-likeness (QED) is 0.806. The number of benzene rings is 1. The van der Waals surface area contributed by atoms with Crippen LogP contribution in [-0.4, -0.2) is 10.1 Å². The van der Waals surface area contributed by atoms with Crippen molar-refractivity contribution < 1.29 is 5.11 Å². The van der Waals surface area contributed by atoms with E-state index in [0.29, 0.717) is 0 Å². The maximum Gasteiger partial charge on any atom is 0.0763 e. The molecule has 1 unspecified atom stereocenters. The zero-order valence-corrected chi connectivity index (χ0v) is 8.59. The van der Waals surface area contributed by atoms with E-state index >= 15 is 0 Å². The molecule has 1 aromatic heterocycles. The Balaban J connectivity index is 2.42. The maximum atomic E-state index is 9.47. The monoisotopic (exact) mass is 199 g/mol. The fourth-order valence-corrected chi connectivity index (χ4v) is 1.47. The normalized spacial score (nSPS) is 12.4. The van der Waals surface area contributed by atoms with Crippen molar-refractivity contribution in [1.82, 2.24) is 4.98 Å². The van der Waals surface area contributed by atoms with E-state index in [1.54, 1.807) is 13.1 Å². The van der Waals surface area contributed by atoms with E-state index in [9.17, 15) is 5.11 Å². The minimum atomic E-state index is -0.449. The van der Waals surface area contributed by atoms with Crippen molar-refractivity contribution in [2.75, 3.05) is 0 Å². The minimum Gasteiger partial charge on any atom is -0.389 e. The molecule has 0 aliphatic rings. The van der Waals surface area contributed by atoms with Crippen LogP contribution >= 0.6 is 0 Å². The van der Waals surface area contributed by atoms with Crippen LogP contribution in [0.1, 0.15) is 18.6 Å². The van der Waals surface area contributed by atoms with Gasteiger partial charge in [-0.25, -0.2) is 0 Å². The van der Waals surface area contributed by atoms with Crippen LogP contribution in [0.25, 0.3) is 11.3 Å². The van der Waals surface area contributed by atoms with Gasteiger partial charge in [0.2, 0.25) is 0 Å². The highest BCUT2D eigenvalue weighted by atomic mass is 16.3. The lowest BCUT2D eigenvalue weighted by Gasteiger charge is -2.06. The summed E-state index contributed by atoms with van der Waals surface area (Å²) in [6.07, 6.45) is 1.28. The van der Waals surface area contributed by atoms with Crippen molar-refractivity contribution in [2.45, 2.75) is 13.0 Å². The molecule has 0 aliphatic heterocycles. The summed E-state index contributed by atoms with van der Waals surface area (Å²) in [5.41, 5.74) is 2.86. The Bertz CT molecular complexity index is 437. The highest BCUT2D eigenvalue weighted by Gasteiger charge is 2.03. The van der Waals surface area contributed by atoms with Crippen molar-refractivity contribution in [1.29, 1.82) is 0 Å². The molecule has 0 amide bonds. The standard InChI is InChI=1S/C13H13NO/c1-10(15)12-7-8-14-13(9-12)11-5-3-2-4-6-11/h2-10,15H,1H3. The largest absolute Gasteiger partial charge is 0.389 e. The lowest BCUT2D eigenvalue weighted by Crippen LogP contribution is -1.92. The van der Waals surface area contributed by atoms with Gasteiger partial charge in [0.15, 0.2) is 0 Å². The first kappa shape index (κ1) is 9.87. The minimum absolute atomic E-state index is 0.449. The van der Waals surface area contributed by atoms with Gasteiger partial charge in [-0.15, -0.1) is 0 Å². The van der Waals surface area contributed by atoms with Crippen molar-refractivity contribution >= 4 is 0 Å². The predicted molar refractivity (Wildman–Crippen MR) is 60.3 cm³/mol. The third-order valence-electron chi connectivity index (χ3n) is 2.34. The zero-order chi connectivity index (χ0) is 10.7. The van der Waals surface area contributed by atoms with Crippen LogP contribution in [0.15, 0.2) is 48.7 Å². The van der Waals surface area contributed by atoms with Crippen molar-refractivity contribution in [3.05, 3.63) is 54.2 Å². The van der Waals surface area contributed by atoms with Crippen molar-refractivity contribution in [3.8, 4) is 11.3 Å². The van der Waals surface area contributed by atoms with E-state index in [2.05, 4.69) is 4.98 Å². The summed E-state index contributed by atoms with van der Waals surface area (Å²) in [4.78, 5) is 4.28. The van der Waals surface area contributed by atoms with Gasteiger partial charge in [0.05, 0.1) is 11.8 Å². The molecule has 1 atom stereocenters. The second-order valence-corrected chi connectivity index (χ2v) is 3.52. The fourth-order valence-electron chi connectivity index (χ4n) is 1.47. The zero-order valence-electron chi connectivity index (χ0n) is 8.59. The third kappa shape index (κ3) is 2.22. The van der Waals surface area contributed by atoms with Crippen LogP contribution in [0.5, 0.6) is 0 Å². The molecule has 0 fully saturated rings. The number of rotatable bonds is 2. The fraction of sp³-hybridized carbons (Fsp3) is 0.154. The van der Waals surface area contributed by atoms with Gasteiger partial charge in [-0.1, -0.05) is 30.3 Å². The second kappa shape index (κ2) is 4.24. The number of aromatic nitrogens is 1. The molecule has 1 N–H and O–H groups in total. The molecule has 0 aliphatic carbocycles. The van der Waals surface area contributed by atoms with E-state index < -0.39 is 6.10 Å². The summed E-state index contributed by atoms with van der Waals surface area (Å²) in [7, 11) is 0. The van der Waals surface area contributed by atoms with E-state index in [-0.39, 0.29) is 0 Å². The summed E-state index contributed by atoms with van der Waals surface area (Å²) in [6, 6.07) is 13.7. The van der Waals surface area contributed by atoms with Gasteiger partial charge >= 0.3 is 0 Å². The molecule has 0 spiro atoms. The number of aliphatic hydroxyl groups is 1. The summed E-state index contributed by atoms with van der Waals surface area (Å²) < 4.78 is 0. The van der Waals surface area contributed by atoms with Gasteiger partial charge in [-0.05, 0) is 24.6 Å². The van der Waals surface area contributed by atoms with Gasteiger partial charge in [0.25, 0.3) is 0 Å². The van der Waals surface area contributed by atoms with Gasteiger partial charge in [-0.2, -0.15) is 0 Å². The average molecular weight is 199 g/mol. The summed E-state index contributed by atoms with van der Waals surface area (Å²) in [5.74, 6) is 0. The van der Waals surface area contributed by atoms with E-state index in [4.69, 9.17) is 0 Å². The van der Waals surface area contributed by atoms with Crippen molar-refractivity contribution in [3.63, 3.8) is 0 Å². The molecule has 2 aromatic rings. The topological polar surface area (TPSA) is 33.1 Å². The van der Waals surface area contributed by atoms with Crippen LogP contribution in [0, 0.1) is 0 Å². The van der Waals surface area contributed by atoms with Crippen LogP contribution in [0.3, 0.4) is 0 Å². The molecule has 76 valence electrons. The smallest absolute Gasteiger partial charge is 0.0763 e. The van der Waals surface area contributed by atoms with E-state index in [1.165, 1.54) is 0 Å². The second-order valence-electron chi connectivity index (χ2n) is 3.52. The van der Waals surface area contributed by atoms with Crippen molar-refractivity contribution in [2.24, 2.45) is 0 Å². The van der Waals surface area contributed by atoms with Gasteiger partial charge in [-0.3, -0.25) is 4.98 Å². The molecule has 0 saturated heterocycles. The Morgan fingerprint density at radius 3 is 2.53 bits per heavy atom. The third-order valence-corrected chi connectivity index (χ3v) is 2.34. The molecule has 2 rings (SSSR count). The first-order valence-corrected chi connectivity index (χ1v) is 4.97. The van der Waals surface area contributed by atoms with E-state index in [0.717, 1.165) is 16.8 Å². The lowest BCUT2D eigenvalue weighted by molar-refractivity contribution is 0.199. The van der Waals surface area contributed by atoms with Gasteiger partial charge in [0.1, 0.15) is 0 Å². The Labute approximate surface area is 89.2 Å². The predicted octanol–water partition coefficient (Wildman–Crippen LogP) is 2.80. The Hall–Kier alpha value is -1.67. The summed E-state index contributed by atoms with van der Waals surface area (Å²) >= 11 is 0. The number of aliphatic hydroxyl groups excluding tert-OH is 1. The summed E-state index contributed by atoms with van der Waals surface area (Å²) in [6.45, 7) is 1.75. The lowest BCUT2D eigenvalue weighted by atomic mass is 10.1. The van der Waals surface area contributed by atoms with Crippen LogP contribution in [0.2, 0.25) is 0 Å². The molecule has 2 nitrogen and oxygen atoms in total. The molecular weight excluding hydrogens is 186 g/mol. The summed E-state index contributed by atoms with van der Waals surface area (Å²) in [5, 5.41) is 9.47. The number of hydrogen-bond donors (Lipinski definition) is 1. The number of pyridine rings is 1. The molecule has 0 saturated carbocycles. The molecule has 0 radical (unpaired) electrons. The molecule has 1 heterocycles. The van der Waals surface area contributed by atoms with E-state index in [1.807, 2.05) is 42.5 Å². The number of nitrogens with zero attached hydrogens (tertiary/aromatic N) is 1. The Kier molecular flexibility index (Phi) is 2.79. The van der Waals surface area contributed by atoms with Gasteiger partial charge < -0.3 is 5.11 Å². The first-order chi connectivity index (χ1) is 7.27. The molecule has 1 aromatic carbocycles. The van der Waals surface area contributed by atoms with Crippen LogP contribution < -0.4 is 0 Å². The molecular formula is C13H13NO. The average Bonchev–Trinajstić information content (AvgIpc) is 2.30. The molecule has 15 heavy (non-hydrogen) atoms. The Morgan fingerprint density at radius 2 is 1.87 bits per heavy atom. The molecule has 0 bridgehead atoms. The first-order valence-electron chi connectivity index (χ1n) is 4.97. The molecule has 2 heteroatoms. The van der Waals surface area contributed by atoms with Gasteiger partial charge in [0, 0.05) is 11.8 Å². The number of hydrogen-bond acceptors (Lipinski definition) is 2. The highest BCUT2D eigenvalue weighted by Crippen LogP contribution is 2.20. The maximum absolute atomic E-state index is 9.47. The Morgan fingerprint density at radius 1 is 1.13 bits per heavy atom. The highest BCUT2D eigenvalue weighted by molar-refractivity contribution is 5.59. The van der Waals surface area contributed by atoms with Crippen LogP contribution in [0.4, 0.5) is 0 Å². The SMILES string of the molecule is CC(O)c1ccnc(-c2ccccc2)c1. The van der Waals surface area contributed by atoms with Crippen LogP contribution in [-0.2, 0) is 0 Å².